The van der Waals surface area contributed by atoms with Crippen LogP contribution in [0.4, 0.5) is 5.69 Å². The fourth-order valence-electron chi connectivity index (χ4n) is 3.11. The number of fused-ring (bicyclic) bond motifs is 1. The van der Waals surface area contributed by atoms with Gasteiger partial charge in [-0.1, -0.05) is 12.1 Å². The van der Waals surface area contributed by atoms with Crippen molar-refractivity contribution in [3.63, 3.8) is 0 Å². The summed E-state index contributed by atoms with van der Waals surface area (Å²) in [6.07, 6.45) is 3.70. The average Bonchev–Trinajstić information content (AvgIpc) is 2.54. The molecule has 0 unspecified atom stereocenters. The topological polar surface area (TPSA) is 47.0 Å². The van der Waals surface area contributed by atoms with Crippen LogP contribution in [-0.2, 0) is 10.3 Å². The van der Waals surface area contributed by atoms with Crippen LogP contribution in [0, 0.1) is 13.8 Å². The maximum Gasteiger partial charge on any atom is 0.127 e. The maximum atomic E-state index is 5.53. The van der Waals surface area contributed by atoms with Crippen molar-refractivity contribution in [2.24, 2.45) is 0 Å². The first-order valence-electron chi connectivity index (χ1n) is 7.81. The summed E-state index contributed by atoms with van der Waals surface area (Å²) in [5, 5.41) is 4.78. The molecular weight excluding hydrogens is 286 g/mol. The zero-order chi connectivity index (χ0) is 15.9. The van der Waals surface area contributed by atoms with Gasteiger partial charge in [-0.25, -0.2) is 0 Å². The van der Waals surface area contributed by atoms with Crippen molar-refractivity contribution in [2.45, 2.75) is 19.4 Å². The molecule has 0 spiro atoms. The van der Waals surface area contributed by atoms with E-state index in [1.165, 1.54) is 11.1 Å². The Labute approximate surface area is 135 Å². The van der Waals surface area contributed by atoms with Gasteiger partial charge in [0.15, 0.2) is 0 Å². The van der Waals surface area contributed by atoms with E-state index in [0.717, 1.165) is 22.3 Å². The van der Waals surface area contributed by atoms with E-state index in [-0.39, 0.29) is 5.54 Å². The third-order valence-electron chi connectivity index (χ3n) is 4.61. The van der Waals surface area contributed by atoms with Gasteiger partial charge in [0, 0.05) is 23.5 Å². The monoisotopic (exact) mass is 305 g/mol. The van der Waals surface area contributed by atoms with Crippen LogP contribution in [0.3, 0.4) is 0 Å². The normalized spacial score (nSPS) is 16.1. The minimum Gasteiger partial charge on any atom is -0.376 e. The standard InChI is InChI=1S/C19H19N3O/c1-13-7-9-21-18(14(13)2)19(11-23-12-19)22-16-6-5-15-4-3-8-20-17(15)10-16/h3-10,22H,11-12H2,1-2H3. The predicted molar refractivity (Wildman–Crippen MR) is 91.6 cm³/mol. The second-order valence-corrected chi connectivity index (χ2v) is 6.21. The van der Waals surface area contributed by atoms with Crippen molar-refractivity contribution in [3.05, 3.63) is 65.6 Å². The maximum absolute atomic E-state index is 5.53. The Morgan fingerprint density at radius 3 is 2.70 bits per heavy atom. The SMILES string of the molecule is Cc1ccnc(C2(Nc3ccc4cccnc4c3)COC2)c1C. The largest absolute Gasteiger partial charge is 0.376 e. The third-order valence-corrected chi connectivity index (χ3v) is 4.61. The van der Waals surface area contributed by atoms with Crippen LogP contribution >= 0.6 is 0 Å². The summed E-state index contributed by atoms with van der Waals surface area (Å²) in [6.45, 7) is 5.50. The fourth-order valence-corrected chi connectivity index (χ4v) is 3.11. The van der Waals surface area contributed by atoms with Crippen LogP contribution in [0.15, 0.2) is 48.8 Å². The number of pyridine rings is 2. The number of hydrogen-bond donors (Lipinski definition) is 1. The summed E-state index contributed by atoms with van der Waals surface area (Å²) in [7, 11) is 0. The van der Waals surface area contributed by atoms with Gasteiger partial charge in [-0.15, -0.1) is 0 Å². The molecule has 1 saturated heterocycles. The molecule has 1 aliphatic heterocycles. The zero-order valence-electron chi connectivity index (χ0n) is 13.3. The van der Waals surface area contributed by atoms with Gasteiger partial charge in [0.05, 0.1) is 24.4 Å². The number of aromatic nitrogens is 2. The molecule has 1 aromatic carbocycles. The molecule has 116 valence electrons. The molecule has 1 aliphatic rings. The first-order valence-corrected chi connectivity index (χ1v) is 7.81. The number of ether oxygens (including phenoxy) is 1. The Morgan fingerprint density at radius 1 is 1.04 bits per heavy atom. The Balaban J connectivity index is 1.73. The van der Waals surface area contributed by atoms with Crippen LogP contribution < -0.4 is 5.32 Å². The van der Waals surface area contributed by atoms with Crippen LogP contribution in [0.5, 0.6) is 0 Å². The highest BCUT2D eigenvalue weighted by atomic mass is 16.5. The van der Waals surface area contributed by atoms with Gasteiger partial charge in [-0.3, -0.25) is 9.97 Å². The highest BCUT2D eigenvalue weighted by Crippen LogP contribution is 2.35. The Bertz CT molecular complexity index is 871. The summed E-state index contributed by atoms with van der Waals surface area (Å²) in [6, 6.07) is 12.3. The van der Waals surface area contributed by atoms with Gasteiger partial charge in [-0.05, 0) is 49.2 Å². The van der Waals surface area contributed by atoms with Gasteiger partial charge < -0.3 is 10.1 Å². The van der Waals surface area contributed by atoms with Crippen molar-refractivity contribution in [3.8, 4) is 0 Å². The van der Waals surface area contributed by atoms with Gasteiger partial charge >= 0.3 is 0 Å². The van der Waals surface area contributed by atoms with Crippen LogP contribution in [0.25, 0.3) is 10.9 Å². The molecule has 0 aliphatic carbocycles. The van der Waals surface area contributed by atoms with E-state index in [0.29, 0.717) is 13.2 Å². The molecule has 4 heteroatoms. The lowest BCUT2D eigenvalue weighted by atomic mass is 9.87. The molecule has 1 N–H and O–H groups in total. The van der Waals surface area contributed by atoms with E-state index in [9.17, 15) is 0 Å². The molecule has 0 saturated carbocycles. The predicted octanol–water partition coefficient (Wildman–Crippen LogP) is 3.58. The van der Waals surface area contributed by atoms with E-state index >= 15 is 0 Å². The number of nitrogens with zero attached hydrogens (tertiary/aromatic N) is 2. The van der Waals surface area contributed by atoms with Crippen molar-refractivity contribution in [1.82, 2.24) is 9.97 Å². The van der Waals surface area contributed by atoms with Gasteiger partial charge in [-0.2, -0.15) is 0 Å². The van der Waals surface area contributed by atoms with Crippen LogP contribution in [0.2, 0.25) is 0 Å². The summed E-state index contributed by atoms with van der Waals surface area (Å²) in [5.74, 6) is 0. The van der Waals surface area contributed by atoms with E-state index < -0.39 is 0 Å². The molecule has 4 nitrogen and oxygen atoms in total. The lowest BCUT2D eigenvalue weighted by Crippen LogP contribution is -2.54. The van der Waals surface area contributed by atoms with E-state index in [4.69, 9.17) is 4.74 Å². The molecule has 0 atom stereocenters. The van der Waals surface area contributed by atoms with Crippen LogP contribution in [0.1, 0.15) is 16.8 Å². The molecular formula is C19H19N3O. The van der Waals surface area contributed by atoms with E-state index in [1.807, 2.05) is 24.5 Å². The fraction of sp³-hybridized carbons (Fsp3) is 0.263. The minimum absolute atomic E-state index is 0.251. The van der Waals surface area contributed by atoms with E-state index in [1.54, 1.807) is 0 Å². The Kier molecular flexibility index (Phi) is 3.27. The van der Waals surface area contributed by atoms with Gasteiger partial charge in [0.1, 0.15) is 5.54 Å². The summed E-state index contributed by atoms with van der Waals surface area (Å²) in [4.78, 5) is 9.07. The van der Waals surface area contributed by atoms with Crippen molar-refractivity contribution in [1.29, 1.82) is 0 Å². The number of benzene rings is 1. The minimum atomic E-state index is -0.251. The van der Waals surface area contributed by atoms with Crippen molar-refractivity contribution >= 4 is 16.6 Å². The number of anilines is 1. The molecule has 0 amide bonds. The lowest BCUT2D eigenvalue weighted by molar-refractivity contribution is -0.0470. The van der Waals surface area contributed by atoms with Gasteiger partial charge in [0.2, 0.25) is 0 Å². The van der Waals surface area contributed by atoms with Crippen LogP contribution in [-0.4, -0.2) is 23.2 Å². The Hall–Kier alpha value is -2.46. The number of rotatable bonds is 3. The summed E-state index contributed by atoms with van der Waals surface area (Å²) in [5.41, 5.74) is 5.33. The Morgan fingerprint density at radius 2 is 1.91 bits per heavy atom. The first kappa shape index (κ1) is 14.2. The summed E-state index contributed by atoms with van der Waals surface area (Å²) < 4.78 is 5.53. The van der Waals surface area contributed by atoms with Crippen molar-refractivity contribution < 1.29 is 4.74 Å². The quantitative estimate of drug-likeness (QED) is 0.803. The van der Waals surface area contributed by atoms with Gasteiger partial charge in [0.25, 0.3) is 0 Å². The second-order valence-electron chi connectivity index (χ2n) is 6.21. The number of hydrogen-bond acceptors (Lipinski definition) is 4. The lowest BCUT2D eigenvalue weighted by Gasteiger charge is -2.43. The summed E-state index contributed by atoms with van der Waals surface area (Å²) >= 11 is 0. The van der Waals surface area contributed by atoms with E-state index in [2.05, 4.69) is 53.4 Å². The zero-order valence-corrected chi connectivity index (χ0v) is 13.3. The molecule has 3 aromatic rings. The highest BCUT2D eigenvalue weighted by Gasteiger charge is 2.43. The van der Waals surface area contributed by atoms with Crippen molar-refractivity contribution in [2.75, 3.05) is 18.5 Å². The first-order chi connectivity index (χ1) is 11.2. The molecule has 1 fully saturated rings. The number of nitrogens with one attached hydrogen (secondary N) is 1. The highest BCUT2D eigenvalue weighted by molar-refractivity contribution is 5.82. The molecule has 2 aromatic heterocycles. The molecule has 0 bridgehead atoms. The second kappa shape index (κ2) is 5.32. The molecule has 3 heterocycles. The smallest absolute Gasteiger partial charge is 0.127 e. The third kappa shape index (κ3) is 2.35. The molecule has 4 rings (SSSR count). The molecule has 0 radical (unpaired) electrons. The average molecular weight is 305 g/mol. The molecule has 23 heavy (non-hydrogen) atoms. The number of aryl methyl sites for hydroxylation is 1.